The average Bonchev–Trinajstić information content (AvgIpc) is 2.97. The monoisotopic (exact) mass is 616 g/mol. The predicted molar refractivity (Wildman–Crippen MR) is 163 cm³/mol. The highest BCUT2D eigenvalue weighted by Gasteiger charge is 2.28. The molecule has 0 bridgehead atoms. The smallest absolute Gasteiger partial charge is 0.322 e. The third kappa shape index (κ3) is 9.37. The number of aliphatic hydroxyl groups excluding tert-OH is 1. The number of ether oxygens (including phenoxy) is 1. The lowest BCUT2D eigenvalue weighted by Crippen LogP contribution is -2.49. The topological polar surface area (TPSA) is 111 Å². The molecule has 1 aliphatic rings. The van der Waals surface area contributed by atoms with Gasteiger partial charge in [-0.15, -0.1) is 0 Å². The van der Waals surface area contributed by atoms with Gasteiger partial charge >= 0.3 is 6.03 Å². The Bertz CT molecular complexity index is 1480. The van der Waals surface area contributed by atoms with E-state index in [1.165, 1.54) is 0 Å². The summed E-state index contributed by atoms with van der Waals surface area (Å²) in [6, 6.07) is 15.8. The number of amides is 2. The van der Waals surface area contributed by atoms with E-state index in [4.69, 9.17) is 4.74 Å². The maximum Gasteiger partial charge on any atom is 0.322 e. The van der Waals surface area contributed by atoms with Gasteiger partial charge in [0.1, 0.15) is 23.1 Å². The molecule has 1 saturated heterocycles. The molecule has 0 spiro atoms. The summed E-state index contributed by atoms with van der Waals surface area (Å²) >= 11 is 0. The van der Waals surface area contributed by atoms with Gasteiger partial charge in [-0.1, -0.05) is 25.5 Å². The standard InChI is InChI=1S/C31H38F2N4O5S/c1-3-4-15-37(31(39)34-30-18-23(21-38)28(32)19-29(30)33)25-13-16-36(17-14-25)20-22-5-9-26(10-6-22)42-27-11-7-24(8-12-27)35-43(2,40)41/h5-12,18-19,25,35,38H,3-4,13-17,20-21H2,1-2H3,(H,34,39). The Morgan fingerprint density at radius 2 is 1.65 bits per heavy atom. The van der Waals surface area contributed by atoms with Gasteiger partial charge in [0.05, 0.1) is 18.6 Å². The fourth-order valence-corrected chi connectivity index (χ4v) is 5.59. The van der Waals surface area contributed by atoms with Crippen LogP contribution in [-0.4, -0.2) is 61.3 Å². The van der Waals surface area contributed by atoms with Crippen LogP contribution in [0.4, 0.5) is 25.0 Å². The molecule has 0 aromatic heterocycles. The maximum atomic E-state index is 14.4. The number of sulfonamides is 1. The van der Waals surface area contributed by atoms with Crippen LogP contribution >= 0.6 is 0 Å². The van der Waals surface area contributed by atoms with Gasteiger partial charge in [0, 0.05) is 49.5 Å². The zero-order valence-corrected chi connectivity index (χ0v) is 25.2. The molecule has 3 aromatic rings. The molecule has 2 amide bonds. The molecular weight excluding hydrogens is 578 g/mol. The second-order valence-electron chi connectivity index (χ2n) is 10.7. The molecular formula is C31H38F2N4O5S. The number of nitrogens with one attached hydrogen (secondary N) is 2. The van der Waals surface area contributed by atoms with E-state index in [0.29, 0.717) is 29.8 Å². The number of carbonyl (C=O) groups is 1. The Hall–Kier alpha value is -3.74. The van der Waals surface area contributed by atoms with Crippen LogP contribution in [0.5, 0.6) is 11.5 Å². The van der Waals surface area contributed by atoms with Crippen molar-refractivity contribution in [1.82, 2.24) is 9.80 Å². The Balaban J connectivity index is 1.30. The number of unbranched alkanes of at least 4 members (excludes halogenated alkanes) is 1. The molecule has 0 aliphatic carbocycles. The Labute approximate surface area is 251 Å². The van der Waals surface area contributed by atoms with Crippen LogP contribution in [0.2, 0.25) is 0 Å². The van der Waals surface area contributed by atoms with Crippen LogP contribution in [0.25, 0.3) is 0 Å². The number of halogens is 2. The van der Waals surface area contributed by atoms with Gasteiger partial charge < -0.3 is 20.1 Å². The quantitative estimate of drug-likeness (QED) is 0.233. The lowest BCUT2D eigenvalue weighted by atomic mass is 10.0. The van der Waals surface area contributed by atoms with Crippen molar-refractivity contribution in [2.45, 2.75) is 51.8 Å². The summed E-state index contributed by atoms with van der Waals surface area (Å²) in [5, 5.41) is 11.9. The van der Waals surface area contributed by atoms with Crippen molar-refractivity contribution in [3.63, 3.8) is 0 Å². The normalized spacial score (nSPS) is 14.3. The van der Waals surface area contributed by atoms with Crippen LogP contribution in [0.1, 0.15) is 43.7 Å². The molecule has 1 fully saturated rings. The third-order valence-corrected chi connectivity index (χ3v) is 7.89. The zero-order valence-electron chi connectivity index (χ0n) is 24.4. The largest absolute Gasteiger partial charge is 0.457 e. The van der Waals surface area contributed by atoms with E-state index < -0.39 is 34.3 Å². The Kier molecular flexibility index (Phi) is 10.9. The van der Waals surface area contributed by atoms with Crippen molar-refractivity contribution in [1.29, 1.82) is 0 Å². The Morgan fingerprint density at radius 1 is 1.02 bits per heavy atom. The molecule has 0 saturated carbocycles. The summed E-state index contributed by atoms with van der Waals surface area (Å²) in [5.41, 5.74) is 1.35. The molecule has 1 aliphatic heterocycles. The first-order valence-electron chi connectivity index (χ1n) is 14.3. The van der Waals surface area contributed by atoms with Crippen molar-refractivity contribution in [2.75, 3.05) is 35.9 Å². The van der Waals surface area contributed by atoms with Crippen molar-refractivity contribution in [2.24, 2.45) is 0 Å². The Morgan fingerprint density at radius 3 is 2.23 bits per heavy atom. The highest BCUT2D eigenvalue weighted by Crippen LogP contribution is 2.26. The number of carbonyl (C=O) groups excluding carboxylic acids is 1. The van der Waals surface area contributed by atoms with Crippen LogP contribution in [0, 0.1) is 11.6 Å². The van der Waals surface area contributed by atoms with Gasteiger partial charge in [-0.3, -0.25) is 9.62 Å². The number of aliphatic hydroxyl groups is 1. The van der Waals surface area contributed by atoms with Gasteiger partial charge in [0.2, 0.25) is 10.0 Å². The maximum absolute atomic E-state index is 14.4. The molecule has 1 heterocycles. The zero-order chi connectivity index (χ0) is 31.0. The van der Waals surface area contributed by atoms with Crippen LogP contribution in [0.15, 0.2) is 60.7 Å². The first kappa shape index (κ1) is 32.2. The lowest BCUT2D eigenvalue weighted by Gasteiger charge is -2.38. The van der Waals surface area contributed by atoms with Gasteiger partial charge in [-0.05, 0) is 67.3 Å². The molecule has 12 heteroatoms. The fraction of sp³-hybridized carbons (Fsp3) is 0.387. The second kappa shape index (κ2) is 14.6. The number of hydrogen-bond acceptors (Lipinski definition) is 6. The summed E-state index contributed by atoms with van der Waals surface area (Å²) in [6.45, 7) is 4.28. The molecule has 43 heavy (non-hydrogen) atoms. The first-order chi connectivity index (χ1) is 20.5. The third-order valence-electron chi connectivity index (χ3n) is 7.28. The van der Waals surface area contributed by atoms with E-state index in [-0.39, 0.29) is 17.3 Å². The van der Waals surface area contributed by atoms with Gasteiger partial charge in [-0.25, -0.2) is 22.0 Å². The number of benzene rings is 3. The molecule has 9 nitrogen and oxygen atoms in total. The summed E-state index contributed by atoms with van der Waals surface area (Å²) in [4.78, 5) is 17.3. The van der Waals surface area contributed by atoms with E-state index in [1.807, 2.05) is 31.2 Å². The molecule has 3 aromatic carbocycles. The average molecular weight is 617 g/mol. The predicted octanol–water partition coefficient (Wildman–Crippen LogP) is 5.92. The SMILES string of the molecule is CCCCN(C(=O)Nc1cc(CO)c(F)cc1F)C1CCN(Cc2ccc(Oc3ccc(NS(C)(=O)=O)cc3)cc2)CC1. The number of likely N-dealkylation sites (tertiary alicyclic amines) is 1. The lowest BCUT2D eigenvalue weighted by molar-refractivity contribution is 0.122. The van der Waals surface area contributed by atoms with Gasteiger partial charge in [0.15, 0.2) is 0 Å². The molecule has 0 atom stereocenters. The molecule has 0 radical (unpaired) electrons. The van der Waals surface area contributed by atoms with E-state index in [1.54, 1.807) is 29.2 Å². The van der Waals surface area contributed by atoms with Crippen molar-refractivity contribution in [3.8, 4) is 11.5 Å². The first-order valence-corrected chi connectivity index (χ1v) is 16.2. The summed E-state index contributed by atoms with van der Waals surface area (Å²) < 4.78 is 59.2. The molecule has 3 N–H and O–H groups in total. The minimum atomic E-state index is -3.34. The van der Waals surface area contributed by atoms with Gasteiger partial charge in [-0.2, -0.15) is 0 Å². The van der Waals surface area contributed by atoms with Crippen molar-refractivity contribution >= 4 is 27.4 Å². The molecule has 4 rings (SSSR count). The molecule has 0 unspecified atom stereocenters. The van der Waals surface area contributed by atoms with E-state index >= 15 is 0 Å². The number of piperidine rings is 1. The number of rotatable bonds is 12. The fourth-order valence-electron chi connectivity index (χ4n) is 5.03. The van der Waals surface area contributed by atoms with E-state index in [0.717, 1.165) is 63.2 Å². The van der Waals surface area contributed by atoms with E-state index in [9.17, 15) is 27.1 Å². The molecule has 232 valence electrons. The minimum Gasteiger partial charge on any atom is -0.457 e. The van der Waals surface area contributed by atoms with Crippen LogP contribution < -0.4 is 14.8 Å². The highest BCUT2D eigenvalue weighted by atomic mass is 32.2. The number of urea groups is 1. The number of nitrogens with zero attached hydrogens (tertiary/aromatic N) is 2. The van der Waals surface area contributed by atoms with Crippen molar-refractivity contribution < 1.29 is 31.8 Å². The minimum absolute atomic E-state index is 0.0154. The number of anilines is 2. The summed E-state index contributed by atoms with van der Waals surface area (Å²) in [7, 11) is -3.34. The van der Waals surface area contributed by atoms with E-state index in [2.05, 4.69) is 14.9 Å². The number of hydrogen-bond donors (Lipinski definition) is 3. The van der Waals surface area contributed by atoms with Gasteiger partial charge in [0.25, 0.3) is 0 Å². The van der Waals surface area contributed by atoms with Crippen molar-refractivity contribution in [3.05, 3.63) is 83.4 Å². The second-order valence-corrected chi connectivity index (χ2v) is 12.5. The van der Waals surface area contributed by atoms with Crippen LogP contribution in [0.3, 0.4) is 0 Å². The summed E-state index contributed by atoms with van der Waals surface area (Å²) in [5.74, 6) is -0.495. The van der Waals surface area contributed by atoms with Crippen LogP contribution in [-0.2, 0) is 23.2 Å². The highest BCUT2D eigenvalue weighted by molar-refractivity contribution is 7.92. The summed E-state index contributed by atoms with van der Waals surface area (Å²) in [6.07, 6.45) is 4.32.